The minimum atomic E-state index is 0.741. The summed E-state index contributed by atoms with van der Waals surface area (Å²) < 4.78 is 0. The van der Waals surface area contributed by atoms with Crippen molar-refractivity contribution in [2.75, 3.05) is 23.7 Å². The molecule has 4 nitrogen and oxygen atoms in total. The van der Waals surface area contributed by atoms with Crippen LogP contribution in [0.25, 0.3) is 11.4 Å². The minimum Gasteiger partial charge on any atom is -0.370 e. The van der Waals surface area contributed by atoms with Gasteiger partial charge in [0.25, 0.3) is 0 Å². The summed E-state index contributed by atoms with van der Waals surface area (Å²) >= 11 is 0. The van der Waals surface area contributed by atoms with Gasteiger partial charge in [0.15, 0.2) is 5.82 Å². The summed E-state index contributed by atoms with van der Waals surface area (Å²) in [6.07, 6.45) is 0. The summed E-state index contributed by atoms with van der Waals surface area (Å²) in [4.78, 5) is 9.03. The Morgan fingerprint density at radius 2 is 1.44 bits per heavy atom. The maximum Gasteiger partial charge on any atom is 0.163 e. The van der Waals surface area contributed by atoms with Gasteiger partial charge in [0, 0.05) is 24.7 Å². The van der Waals surface area contributed by atoms with Crippen LogP contribution in [0.2, 0.25) is 0 Å². The standard InChI is InChI=1S/C14H18N4/c1-3-15-12-10-13(16-4-2)18-14(17-12)11-8-6-5-7-9-11/h5-10H,3-4H2,1-2H3,(H2,15,16,17,18). The van der Waals surface area contributed by atoms with Crippen LogP contribution in [-0.2, 0) is 0 Å². The number of hydrogen-bond acceptors (Lipinski definition) is 4. The van der Waals surface area contributed by atoms with Gasteiger partial charge in [0.2, 0.25) is 0 Å². The van der Waals surface area contributed by atoms with Gasteiger partial charge in [0.1, 0.15) is 11.6 Å². The van der Waals surface area contributed by atoms with E-state index in [1.807, 2.05) is 36.4 Å². The summed E-state index contributed by atoms with van der Waals surface area (Å²) in [5.41, 5.74) is 1.02. The van der Waals surface area contributed by atoms with Crippen molar-refractivity contribution >= 4 is 11.6 Å². The molecule has 0 saturated heterocycles. The van der Waals surface area contributed by atoms with Crippen LogP contribution in [0.1, 0.15) is 13.8 Å². The summed E-state index contributed by atoms with van der Waals surface area (Å²) in [5.74, 6) is 2.44. The van der Waals surface area contributed by atoms with Gasteiger partial charge in [-0.3, -0.25) is 0 Å². The first-order chi connectivity index (χ1) is 8.83. The van der Waals surface area contributed by atoms with Crippen molar-refractivity contribution in [2.24, 2.45) is 0 Å². The Kier molecular flexibility index (Phi) is 4.12. The van der Waals surface area contributed by atoms with Crippen LogP contribution in [0, 0.1) is 0 Å². The highest BCUT2D eigenvalue weighted by Crippen LogP contribution is 2.19. The van der Waals surface area contributed by atoms with E-state index in [2.05, 4.69) is 34.4 Å². The van der Waals surface area contributed by atoms with Gasteiger partial charge in [0.05, 0.1) is 0 Å². The molecule has 1 aromatic carbocycles. The number of hydrogen-bond donors (Lipinski definition) is 2. The predicted octanol–water partition coefficient (Wildman–Crippen LogP) is 3.01. The molecular weight excluding hydrogens is 224 g/mol. The number of rotatable bonds is 5. The van der Waals surface area contributed by atoms with Crippen molar-refractivity contribution in [2.45, 2.75) is 13.8 Å². The molecule has 2 N–H and O–H groups in total. The summed E-state index contributed by atoms with van der Waals surface area (Å²) in [6.45, 7) is 5.79. The predicted molar refractivity (Wildman–Crippen MR) is 75.8 cm³/mol. The van der Waals surface area contributed by atoms with Crippen LogP contribution in [0.4, 0.5) is 11.6 Å². The van der Waals surface area contributed by atoms with E-state index in [0.717, 1.165) is 36.1 Å². The zero-order valence-electron chi connectivity index (χ0n) is 10.8. The molecule has 2 aromatic rings. The molecule has 0 amide bonds. The van der Waals surface area contributed by atoms with E-state index in [1.165, 1.54) is 0 Å². The number of benzene rings is 1. The molecule has 0 aliphatic carbocycles. The van der Waals surface area contributed by atoms with E-state index in [9.17, 15) is 0 Å². The van der Waals surface area contributed by atoms with Crippen molar-refractivity contribution in [3.63, 3.8) is 0 Å². The van der Waals surface area contributed by atoms with Gasteiger partial charge in [-0.05, 0) is 13.8 Å². The molecule has 4 heteroatoms. The van der Waals surface area contributed by atoms with E-state index >= 15 is 0 Å². The second-order valence-electron chi connectivity index (χ2n) is 3.89. The Hall–Kier alpha value is -2.10. The van der Waals surface area contributed by atoms with Crippen molar-refractivity contribution in [1.82, 2.24) is 9.97 Å². The quantitative estimate of drug-likeness (QED) is 0.846. The molecule has 18 heavy (non-hydrogen) atoms. The molecule has 94 valence electrons. The van der Waals surface area contributed by atoms with E-state index < -0.39 is 0 Å². The number of nitrogens with zero attached hydrogens (tertiary/aromatic N) is 2. The van der Waals surface area contributed by atoms with Gasteiger partial charge >= 0.3 is 0 Å². The topological polar surface area (TPSA) is 49.8 Å². The Bertz CT molecular complexity index is 472. The lowest BCUT2D eigenvalue weighted by molar-refractivity contribution is 1.09. The van der Waals surface area contributed by atoms with Crippen LogP contribution < -0.4 is 10.6 Å². The van der Waals surface area contributed by atoms with E-state index in [1.54, 1.807) is 0 Å². The van der Waals surface area contributed by atoms with Gasteiger partial charge in [-0.2, -0.15) is 0 Å². The molecule has 1 aromatic heterocycles. The highest BCUT2D eigenvalue weighted by Gasteiger charge is 2.05. The van der Waals surface area contributed by atoms with Crippen molar-refractivity contribution in [3.05, 3.63) is 36.4 Å². The first-order valence-electron chi connectivity index (χ1n) is 6.25. The minimum absolute atomic E-state index is 0.741. The lowest BCUT2D eigenvalue weighted by atomic mass is 10.2. The molecule has 0 bridgehead atoms. The molecule has 0 spiro atoms. The first-order valence-corrected chi connectivity index (χ1v) is 6.25. The highest BCUT2D eigenvalue weighted by molar-refractivity contribution is 5.61. The number of anilines is 2. The van der Waals surface area contributed by atoms with Crippen LogP contribution >= 0.6 is 0 Å². The van der Waals surface area contributed by atoms with Crippen LogP contribution in [0.5, 0.6) is 0 Å². The normalized spacial score (nSPS) is 10.1. The maximum absolute atomic E-state index is 4.51. The van der Waals surface area contributed by atoms with Crippen molar-refractivity contribution < 1.29 is 0 Å². The molecule has 0 atom stereocenters. The smallest absolute Gasteiger partial charge is 0.163 e. The summed E-state index contributed by atoms with van der Waals surface area (Å²) in [5, 5.41) is 6.45. The molecule has 2 rings (SSSR count). The average Bonchev–Trinajstić information content (AvgIpc) is 2.40. The fraction of sp³-hybridized carbons (Fsp3) is 0.286. The molecule has 1 heterocycles. The molecule has 0 aliphatic rings. The third kappa shape index (κ3) is 2.97. The number of nitrogens with one attached hydrogen (secondary N) is 2. The zero-order valence-corrected chi connectivity index (χ0v) is 10.8. The molecular formula is C14H18N4. The van der Waals surface area contributed by atoms with Gasteiger partial charge < -0.3 is 10.6 Å². The first kappa shape index (κ1) is 12.4. The third-order valence-electron chi connectivity index (χ3n) is 2.47. The zero-order chi connectivity index (χ0) is 12.8. The van der Waals surface area contributed by atoms with E-state index in [4.69, 9.17) is 0 Å². The molecule has 0 aliphatic heterocycles. The Balaban J connectivity index is 2.39. The SMILES string of the molecule is CCNc1cc(NCC)nc(-c2ccccc2)n1. The Morgan fingerprint density at radius 3 is 1.94 bits per heavy atom. The largest absolute Gasteiger partial charge is 0.370 e. The number of aromatic nitrogens is 2. The monoisotopic (exact) mass is 242 g/mol. The van der Waals surface area contributed by atoms with Gasteiger partial charge in [-0.25, -0.2) is 9.97 Å². The van der Waals surface area contributed by atoms with Crippen LogP contribution in [0.3, 0.4) is 0 Å². The molecule has 0 fully saturated rings. The van der Waals surface area contributed by atoms with Crippen LogP contribution in [0.15, 0.2) is 36.4 Å². The fourth-order valence-electron chi connectivity index (χ4n) is 1.71. The van der Waals surface area contributed by atoms with Crippen molar-refractivity contribution in [3.8, 4) is 11.4 Å². The second-order valence-corrected chi connectivity index (χ2v) is 3.89. The fourth-order valence-corrected chi connectivity index (χ4v) is 1.71. The molecule has 0 unspecified atom stereocenters. The average molecular weight is 242 g/mol. The van der Waals surface area contributed by atoms with E-state index in [-0.39, 0.29) is 0 Å². The molecule has 0 radical (unpaired) electrons. The maximum atomic E-state index is 4.51. The second kappa shape index (κ2) is 6.00. The van der Waals surface area contributed by atoms with Gasteiger partial charge in [-0.1, -0.05) is 30.3 Å². The summed E-state index contributed by atoms with van der Waals surface area (Å²) in [6, 6.07) is 11.9. The molecule has 0 saturated carbocycles. The van der Waals surface area contributed by atoms with E-state index in [0.29, 0.717) is 0 Å². The Morgan fingerprint density at radius 1 is 0.889 bits per heavy atom. The Labute approximate surface area is 107 Å². The third-order valence-corrected chi connectivity index (χ3v) is 2.47. The van der Waals surface area contributed by atoms with Crippen molar-refractivity contribution in [1.29, 1.82) is 0 Å². The lowest BCUT2D eigenvalue weighted by Crippen LogP contribution is -2.06. The summed E-state index contributed by atoms with van der Waals surface area (Å²) in [7, 11) is 0. The van der Waals surface area contributed by atoms with Crippen LogP contribution in [-0.4, -0.2) is 23.1 Å². The lowest BCUT2D eigenvalue weighted by Gasteiger charge is -2.09. The van der Waals surface area contributed by atoms with Gasteiger partial charge in [-0.15, -0.1) is 0 Å². The highest BCUT2D eigenvalue weighted by atomic mass is 15.1.